The van der Waals surface area contributed by atoms with E-state index in [9.17, 15) is 14.4 Å². The lowest BCUT2D eigenvalue weighted by molar-refractivity contribution is -0.135. The highest BCUT2D eigenvalue weighted by molar-refractivity contribution is 5.85. The van der Waals surface area contributed by atoms with Gasteiger partial charge in [0.25, 0.3) is 0 Å². The summed E-state index contributed by atoms with van der Waals surface area (Å²) < 4.78 is 10.9. The van der Waals surface area contributed by atoms with E-state index in [1.165, 1.54) is 5.56 Å². The fourth-order valence-electron chi connectivity index (χ4n) is 4.94. The first kappa shape index (κ1) is 31.7. The molecule has 2 N–H and O–H groups in total. The summed E-state index contributed by atoms with van der Waals surface area (Å²) in [5, 5.41) is 5.67. The SMILES string of the molecule is O=C(COCc1ccccc1)NCCCC[C@H](NC(=O)OCc1ccccc1)C(=O)N1CCN(Cc2ccccc2)CC1. The van der Waals surface area contributed by atoms with Crippen molar-refractivity contribution in [2.24, 2.45) is 0 Å². The summed E-state index contributed by atoms with van der Waals surface area (Å²) >= 11 is 0. The average Bonchev–Trinajstić information content (AvgIpc) is 3.04. The van der Waals surface area contributed by atoms with Crippen LogP contribution in [0.4, 0.5) is 4.79 Å². The molecule has 1 heterocycles. The normalized spacial score (nSPS) is 14.1. The van der Waals surface area contributed by atoms with Crippen molar-refractivity contribution in [3.63, 3.8) is 0 Å². The maximum atomic E-state index is 13.5. The molecule has 0 aliphatic carbocycles. The van der Waals surface area contributed by atoms with E-state index >= 15 is 0 Å². The fraction of sp³-hybridized carbons (Fsp3) is 0.382. The largest absolute Gasteiger partial charge is 0.445 e. The Morgan fingerprint density at radius 3 is 1.93 bits per heavy atom. The maximum absolute atomic E-state index is 13.5. The number of benzene rings is 3. The Bertz CT molecular complexity index is 1250. The van der Waals surface area contributed by atoms with Gasteiger partial charge in [0, 0.05) is 39.3 Å². The van der Waals surface area contributed by atoms with Gasteiger partial charge >= 0.3 is 6.09 Å². The summed E-state index contributed by atoms with van der Waals surface area (Å²) in [5.74, 6) is -0.283. The predicted molar refractivity (Wildman–Crippen MR) is 165 cm³/mol. The van der Waals surface area contributed by atoms with Gasteiger partial charge in [-0.2, -0.15) is 0 Å². The minimum atomic E-state index is -0.700. The Morgan fingerprint density at radius 2 is 1.30 bits per heavy atom. The first-order valence-corrected chi connectivity index (χ1v) is 15.0. The number of carbonyl (C=O) groups is 3. The van der Waals surface area contributed by atoms with Crippen LogP contribution in [-0.2, 0) is 38.8 Å². The Hall–Kier alpha value is -4.21. The van der Waals surface area contributed by atoms with Gasteiger partial charge in [0.15, 0.2) is 0 Å². The monoisotopic (exact) mass is 586 g/mol. The maximum Gasteiger partial charge on any atom is 0.408 e. The minimum Gasteiger partial charge on any atom is -0.445 e. The van der Waals surface area contributed by atoms with Crippen molar-refractivity contribution in [3.8, 4) is 0 Å². The van der Waals surface area contributed by atoms with Crippen molar-refractivity contribution in [1.29, 1.82) is 0 Å². The number of nitrogens with zero attached hydrogens (tertiary/aromatic N) is 2. The Morgan fingerprint density at radius 1 is 0.721 bits per heavy atom. The highest BCUT2D eigenvalue weighted by Gasteiger charge is 2.29. The van der Waals surface area contributed by atoms with Gasteiger partial charge in [-0.25, -0.2) is 4.79 Å². The molecule has 1 atom stereocenters. The summed E-state index contributed by atoms with van der Waals surface area (Å²) in [5.41, 5.74) is 3.13. The van der Waals surface area contributed by atoms with Gasteiger partial charge in [0.1, 0.15) is 19.3 Å². The van der Waals surface area contributed by atoms with Gasteiger partial charge in [-0.05, 0) is 36.0 Å². The van der Waals surface area contributed by atoms with Crippen molar-refractivity contribution in [3.05, 3.63) is 108 Å². The molecule has 3 aromatic rings. The van der Waals surface area contributed by atoms with Crippen molar-refractivity contribution >= 4 is 17.9 Å². The Balaban J connectivity index is 1.21. The summed E-state index contributed by atoms with van der Waals surface area (Å²) in [6.45, 7) is 4.54. The van der Waals surface area contributed by atoms with E-state index in [0.717, 1.165) is 30.8 Å². The molecule has 43 heavy (non-hydrogen) atoms. The number of piperazine rings is 1. The predicted octanol–water partition coefficient (Wildman–Crippen LogP) is 4.13. The molecule has 0 saturated carbocycles. The van der Waals surface area contributed by atoms with Gasteiger partial charge in [-0.15, -0.1) is 0 Å². The number of rotatable bonds is 15. The molecule has 228 valence electrons. The van der Waals surface area contributed by atoms with Crippen LogP contribution in [0.2, 0.25) is 0 Å². The molecule has 1 aliphatic rings. The van der Waals surface area contributed by atoms with Crippen LogP contribution in [0.25, 0.3) is 0 Å². The number of hydrogen-bond acceptors (Lipinski definition) is 6. The van der Waals surface area contributed by atoms with Gasteiger partial charge in [0.2, 0.25) is 11.8 Å². The van der Waals surface area contributed by atoms with Gasteiger partial charge in [-0.1, -0.05) is 91.0 Å². The second-order valence-electron chi connectivity index (χ2n) is 10.7. The van der Waals surface area contributed by atoms with Crippen molar-refractivity contribution < 1.29 is 23.9 Å². The number of ether oxygens (including phenoxy) is 2. The molecule has 0 spiro atoms. The Kier molecular flexibility index (Phi) is 13.0. The summed E-state index contributed by atoms with van der Waals surface area (Å²) in [6.07, 6.45) is 1.15. The molecular formula is C34H42N4O5. The minimum absolute atomic E-state index is 0.0128. The lowest BCUT2D eigenvalue weighted by Crippen LogP contribution is -2.54. The van der Waals surface area contributed by atoms with Crippen LogP contribution in [0.15, 0.2) is 91.0 Å². The number of hydrogen-bond donors (Lipinski definition) is 2. The quantitative estimate of drug-likeness (QED) is 0.260. The van der Waals surface area contributed by atoms with Crippen LogP contribution in [0.5, 0.6) is 0 Å². The average molecular weight is 587 g/mol. The first-order chi connectivity index (χ1) is 21.1. The second-order valence-corrected chi connectivity index (χ2v) is 10.7. The molecule has 3 amide bonds. The topological polar surface area (TPSA) is 100 Å². The highest BCUT2D eigenvalue weighted by Crippen LogP contribution is 2.12. The zero-order chi connectivity index (χ0) is 30.1. The smallest absolute Gasteiger partial charge is 0.408 e. The van der Waals surface area contributed by atoms with Gasteiger partial charge in [0.05, 0.1) is 6.61 Å². The first-order valence-electron chi connectivity index (χ1n) is 15.0. The zero-order valence-corrected chi connectivity index (χ0v) is 24.7. The standard InChI is InChI=1S/C34H42N4O5/c39-32(27-42-25-29-14-6-2-7-15-29)35-19-11-10-18-31(36-34(41)43-26-30-16-8-3-9-17-30)33(40)38-22-20-37(21-23-38)24-28-12-4-1-5-13-28/h1-9,12-17,31H,10-11,18-27H2,(H,35,39)(H,36,41)/t31-/m0/s1. The molecule has 9 heteroatoms. The summed E-state index contributed by atoms with van der Waals surface area (Å²) in [4.78, 5) is 42.5. The molecule has 1 aliphatic heterocycles. The van der Waals surface area contributed by atoms with E-state index in [2.05, 4.69) is 27.7 Å². The van der Waals surface area contributed by atoms with Gasteiger partial charge in [-0.3, -0.25) is 14.5 Å². The molecule has 1 saturated heterocycles. The van der Waals surface area contributed by atoms with Crippen LogP contribution in [0.3, 0.4) is 0 Å². The molecule has 0 bridgehead atoms. The number of nitrogens with one attached hydrogen (secondary N) is 2. The van der Waals surface area contributed by atoms with Crippen molar-refractivity contribution in [1.82, 2.24) is 20.4 Å². The van der Waals surface area contributed by atoms with E-state index in [1.807, 2.05) is 83.8 Å². The second kappa shape index (κ2) is 17.7. The van der Waals surface area contributed by atoms with Crippen molar-refractivity contribution in [2.75, 3.05) is 39.3 Å². The van der Waals surface area contributed by atoms with E-state index < -0.39 is 12.1 Å². The third-order valence-electron chi connectivity index (χ3n) is 7.32. The number of alkyl carbamates (subject to hydrolysis) is 1. The molecule has 1 fully saturated rings. The third kappa shape index (κ3) is 11.5. The highest BCUT2D eigenvalue weighted by atomic mass is 16.5. The van der Waals surface area contributed by atoms with Crippen LogP contribution >= 0.6 is 0 Å². The van der Waals surface area contributed by atoms with E-state index in [4.69, 9.17) is 9.47 Å². The molecular weight excluding hydrogens is 544 g/mol. The van der Waals surface area contributed by atoms with E-state index in [0.29, 0.717) is 45.5 Å². The van der Waals surface area contributed by atoms with Crippen molar-refractivity contribution in [2.45, 2.75) is 45.1 Å². The molecule has 4 rings (SSSR count). The van der Waals surface area contributed by atoms with Gasteiger partial charge < -0.3 is 25.0 Å². The van der Waals surface area contributed by atoms with Crippen LogP contribution < -0.4 is 10.6 Å². The third-order valence-corrected chi connectivity index (χ3v) is 7.32. The number of carbonyl (C=O) groups excluding carboxylic acids is 3. The zero-order valence-electron chi connectivity index (χ0n) is 24.7. The molecule has 0 aromatic heterocycles. The fourth-order valence-corrected chi connectivity index (χ4v) is 4.94. The summed E-state index contributed by atoms with van der Waals surface area (Å²) in [7, 11) is 0. The van der Waals surface area contributed by atoms with Crippen LogP contribution in [0.1, 0.15) is 36.0 Å². The molecule has 9 nitrogen and oxygen atoms in total. The van der Waals surface area contributed by atoms with Crippen LogP contribution in [0, 0.1) is 0 Å². The number of unbranched alkanes of at least 4 members (excludes halogenated alkanes) is 1. The van der Waals surface area contributed by atoms with Crippen LogP contribution in [-0.4, -0.2) is 73.1 Å². The lowest BCUT2D eigenvalue weighted by Gasteiger charge is -2.36. The van der Waals surface area contributed by atoms with E-state index in [-0.39, 0.29) is 25.0 Å². The Labute approximate surface area is 254 Å². The molecule has 0 radical (unpaired) electrons. The molecule has 0 unspecified atom stereocenters. The lowest BCUT2D eigenvalue weighted by atomic mass is 10.1. The number of amides is 3. The summed E-state index contributed by atoms with van der Waals surface area (Å²) in [6, 6.07) is 28.7. The van der Waals surface area contributed by atoms with E-state index in [1.54, 1.807) is 0 Å². The molecule has 3 aromatic carbocycles.